The van der Waals surface area contributed by atoms with Crippen molar-refractivity contribution in [2.24, 2.45) is 5.92 Å². The van der Waals surface area contributed by atoms with Gasteiger partial charge in [0.2, 0.25) is 0 Å². The predicted octanol–water partition coefficient (Wildman–Crippen LogP) is 4.28. The van der Waals surface area contributed by atoms with Crippen LogP contribution in [0.5, 0.6) is 0 Å². The molecule has 0 amide bonds. The van der Waals surface area contributed by atoms with E-state index in [1.54, 1.807) is 0 Å². The van der Waals surface area contributed by atoms with E-state index in [0.717, 1.165) is 13.6 Å². The van der Waals surface area contributed by atoms with Crippen LogP contribution < -0.4 is 0 Å². The minimum absolute atomic E-state index is 0.228. The van der Waals surface area contributed by atoms with Crippen molar-refractivity contribution in [3.8, 4) is 0 Å². The van der Waals surface area contributed by atoms with Crippen LogP contribution in [0.15, 0.2) is 22.7 Å². The van der Waals surface area contributed by atoms with Gasteiger partial charge in [0.15, 0.2) is 5.78 Å². The standard InChI is InChI=1S/C11H12BrIO/c1-7(2)5-11(14)9-6-8(12)3-4-10(9)13/h3-4,6-7H,5H2,1-2H3. The maximum atomic E-state index is 11.8. The predicted molar refractivity (Wildman–Crippen MR) is 70.6 cm³/mol. The summed E-state index contributed by atoms with van der Waals surface area (Å²) in [6, 6.07) is 5.80. The van der Waals surface area contributed by atoms with E-state index in [-0.39, 0.29) is 5.78 Å². The quantitative estimate of drug-likeness (QED) is 0.576. The highest BCUT2D eigenvalue weighted by molar-refractivity contribution is 14.1. The van der Waals surface area contributed by atoms with Gasteiger partial charge in [-0.3, -0.25) is 4.79 Å². The Morgan fingerprint density at radius 1 is 1.50 bits per heavy atom. The summed E-state index contributed by atoms with van der Waals surface area (Å²) in [5, 5.41) is 0. The van der Waals surface area contributed by atoms with E-state index in [1.165, 1.54) is 0 Å². The van der Waals surface area contributed by atoms with Crippen LogP contribution in [0.4, 0.5) is 0 Å². The Labute approximate surface area is 107 Å². The third-order valence-corrected chi connectivity index (χ3v) is 3.26. The van der Waals surface area contributed by atoms with E-state index in [2.05, 4.69) is 52.4 Å². The topological polar surface area (TPSA) is 17.1 Å². The molecule has 0 atom stereocenters. The highest BCUT2D eigenvalue weighted by atomic mass is 127. The lowest BCUT2D eigenvalue weighted by atomic mass is 10.0. The lowest BCUT2D eigenvalue weighted by Crippen LogP contribution is -2.05. The largest absolute Gasteiger partial charge is 0.294 e. The van der Waals surface area contributed by atoms with Gasteiger partial charge in [0, 0.05) is 20.0 Å². The van der Waals surface area contributed by atoms with Crippen LogP contribution in [0.25, 0.3) is 0 Å². The zero-order valence-corrected chi connectivity index (χ0v) is 11.9. The lowest BCUT2D eigenvalue weighted by Gasteiger charge is -2.06. The van der Waals surface area contributed by atoms with Crippen LogP contribution in [0.1, 0.15) is 30.6 Å². The third kappa shape index (κ3) is 3.35. The number of benzene rings is 1. The minimum Gasteiger partial charge on any atom is -0.294 e. The molecule has 0 aliphatic carbocycles. The van der Waals surface area contributed by atoms with Gasteiger partial charge in [0.25, 0.3) is 0 Å². The maximum absolute atomic E-state index is 11.8. The van der Waals surface area contributed by atoms with E-state index in [0.29, 0.717) is 12.3 Å². The van der Waals surface area contributed by atoms with Crippen molar-refractivity contribution >= 4 is 44.3 Å². The van der Waals surface area contributed by atoms with Gasteiger partial charge in [0.05, 0.1) is 0 Å². The van der Waals surface area contributed by atoms with Crippen LogP contribution in [0.2, 0.25) is 0 Å². The van der Waals surface area contributed by atoms with Crippen LogP contribution in [-0.2, 0) is 0 Å². The minimum atomic E-state index is 0.228. The second kappa shape index (κ2) is 5.26. The monoisotopic (exact) mass is 366 g/mol. The number of hydrogen-bond donors (Lipinski definition) is 0. The molecule has 1 rings (SSSR count). The van der Waals surface area contributed by atoms with Gasteiger partial charge in [-0.05, 0) is 46.7 Å². The van der Waals surface area contributed by atoms with E-state index >= 15 is 0 Å². The molecule has 0 saturated carbocycles. The van der Waals surface area contributed by atoms with Gasteiger partial charge < -0.3 is 0 Å². The number of halogens is 2. The first-order valence-corrected chi connectivity index (χ1v) is 6.36. The fraction of sp³-hybridized carbons (Fsp3) is 0.364. The average molecular weight is 367 g/mol. The van der Waals surface area contributed by atoms with Crippen LogP contribution in [0, 0.1) is 9.49 Å². The molecule has 0 fully saturated rings. The number of Topliss-reactive ketones (excluding diaryl/α,β-unsaturated/α-hetero) is 1. The van der Waals surface area contributed by atoms with Crippen molar-refractivity contribution in [1.82, 2.24) is 0 Å². The van der Waals surface area contributed by atoms with Gasteiger partial charge in [-0.15, -0.1) is 0 Å². The molecule has 3 heteroatoms. The Hall–Kier alpha value is 0.1000. The molecular weight excluding hydrogens is 355 g/mol. The molecule has 1 aromatic carbocycles. The molecule has 0 aliphatic heterocycles. The van der Waals surface area contributed by atoms with Crippen LogP contribution in [0.3, 0.4) is 0 Å². The highest BCUT2D eigenvalue weighted by Gasteiger charge is 2.11. The summed E-state index contributed by atoms with van der Waals surface area (Å²) < 4.78 is 1.99. The molecule has 0 unspecified atom stereocenters. The summed E-state index contributed by atoms with van der Waals surface area (Å²) in [6.07, 6.45) is 0.618. The van der Waals surface area contributed by atoms with E-state index in [1.807, 2.05) is 18.2 Å². The maximum Gasteiger partial charge on any atom is 0.164 e. The second-order valence-electron chi connectivity index (χ2n) is 3.65. The van der Waals surface area contributed by atoms with Crippen molar-refractivity contribution in [1.29, 1.82) is 0 Å². The molecule has 0 bridgehead atoms. The number of hydrogen-bond acceptors (Lipinski definition) is 1. The SMILES string of the molecule is CC(C)CC(=O)c1cc(Br)ccc1I. The zero-order valence-electron chi connectivity index (χ0n) is 8.18. The molecule has 0 aromatic heterocycles. The highest BCUT2D eigenvalue weighted by Crippen LogP contribution is 2.20. The molecule has 0 heterocycles. The molecule has 1 aromatic rings. The van der Waals surface area contributed by atoms with Crippen LogP contribution in [-0.4, -0.2) is 5.78 Å². The smallest absolute Gasteiger partial charge is 0.164 e. The molecule has 1 nitrogen and oxygen atoms in total. The van der Waals surface area contributed by atoms with Gasteiger partial charge in [-0.25, -0.2) is 0 Å². The molecule has 0 aliphatic rings. The fourth-order valence-corrected chi connectivity index (χ4v) is 2.19. The Morgan fingerprint density at radius 2 is 2.14 bits per heavy atom. The molecule has 0 spiro atoms. The van der Waals surface area contributed by atoms with Crippen molar-refractivity contribution in [2.75, 3.05) is 0 Å². The van der Waals surface area contributed by atoms with Gasteiger partial charge in [-0.2, -0.15) is 0 Å². The average Bonchev–Trinajstić information content (AvgIpc) is 2.08. The Bertz CT molecular complexity index is 347. The normalized spacial score (nSPS) is 10.6. The first-order valence-electron chi connectivity index (χ1n) is 4.49. The molecule has 0 radical (unpaired) electrons. The van der Waals surface area contributed by atoms with Crippen LogP contribution >= 0.6 is 38.5 Å². The second-order valence-corrected chi connectivity index (χ2v) is 5.72. The molecule has 0 N–H and O–H groups in total. The Balaban J connectivity index is 2.94. The summed E-state index contributed by atoms with van der Waals surface area (Å²) in [5.41, 5.74) is 0.827. The van der Waals surface area contributed by atoms with E-state index in [9.17, 15) is 4.79 Å². The summed E-state index contributed by atoms with van der Waals surface area (Å²) in [7, 11) is 0. The lowest BCUT2D eigenvalue weighted by molar-refractivity contribution is 0.0967. The summed E-state index contributed by atoms with van der Waals surface area (Å²) in [5.74, 6) is 0.642. The third-order valence-electron chi connectivity index (χ3n) is 1.82. The number of ketones is 1. The first-order chi connectivity index (χ1) is 6.50. The van der Waals surface area contributed by atoms with E-state index < -0.39 is 0 Å². The summed E-state index contributed by atoms with van der Waals surface area (Å²) >= 11 is 5.57. The summed E-state index contributed by atoms with van der Waals surface area (Å²) in [6.45, 7) is 4.12. The number of rotatable bonds is 3. The van der Waals surface area contributed by atoms with Crippen molar-refractivity contribution < 1.29 is 4.79 Å². The van der Waals surface area contributed by atoms with Gasteiger partial charge >= 0.3 is 0 Å². The molecule has 76 valence electrons. The van der Waals surface area contributed by atoms with Crippen molar-refractivity contribution in [3.05, 3.63) is 31.8 Å². The Morgan fingerprint density at radius 3 is 2.71 bits per heavy atom. The molecular formula is C11H12BrIO. The number of carbonyl (C=O) groups excluding carboxylic acids is 1. The number of carbonyl (C=O) groups is 1. The van der Waals surface area contributed by atoms with Crippen molar-refractivity contribution in [3.63, 3.8) is 0 Å². The van der Waals surface area contributed by atoms with Crippen molar-refractivity contribution in [2.45, 2.75) is 20.3 Å². The first kappa shape index (κ1) is 12.2. The Kier molecular flexibility index (Phi) is 4.57. The van der Waals surface area contributed by atoms with Gasteiger partial charge in [-0.1, -0.05) is 29.8 Å². The fourth-order valence-electron chi connectivity index (χ4n) is 1.19. The summed E-state index contributed by atoms with van der Waals surface area (Å²) in [4.78, 5) is 11.8. The molecule has 0 saturated heterocycles. The molecule has 14 heavy (non-hydrogen) atoms. The zero-order chi connectivity index (χ0) is 10.7. The van der Waals surface area contributed by atoms with E-state index in [4.69, 9.17) is 0 Å². The van der Waals surface area contributed by atoms with Gasteiger partial charge in [0.1, 0.15) is 0 Å².